The van der Waals surface area contributed by atoms with Crippen molar-refractivity contribution >= 4 is 11.9 Å². The molecule has 94 valence electrons. The molecule has 3 N–H and O–H groups in total. The van der Waals surface area contributed by atoms with Gasteiger partial charge in [-0.3, -0.25) is 4.79 Å². The van der Waals surface area contributed by atoms with Crippen LogP contribution in [0.15, 0.2) is 0 Å². The van der Waals surface area contributed by atoms with Gasteiger partial charge in [0.2, 0.25) is 5.91 Å². The number of aliphatic carboxylic acids is 1. The van der Waals surface area contributed by atoms with Crippen LogP contribution in [-0.2, 0) is 9.59 Å². The largest absolute Gasteiger partial charge is 0.479 e. The average molecular weight is 673 g/mol. The summed E-state index contributed by atoms with van der Waals surface area (Å²) in [5.74, 6) is -1.78. The average Bonchev–Trinajstić information content (AvgIpc) is 2.15. The molecule has 2 unspecified atom stereocenters. The molecule has 0 aliphatic carbocycles. The Bertz CT molecular complexity index is 252. The van der Waals surface area contributed by atoms with E-state index in [0.29, 0.717) is 6.54 Å². The van der Waals surface area contributed by atoms with Gasteiger partial charge in [0, 0.05) is 102 Å². The predicted octanol–water partition coefficient (Wildman–Crippen LogP) is -0.950. The summed E-state index contributed by atoms with van der Waals surface area (Å²) < 4.78 is 0. The normalized spacial score (nSPS) is 14.6. The third kappa shape index (κ3) is 7.80. The molecule has 0 bridgehead atoms. The SMILES string of the molecule is CCN(C(C)=O)[C@@H](C)C(O)C(O)C(=O)O.[Ac].[Ac]. The second-order valence-corrected chi connectivity index (χ2v) is 3.32. The number of rotatable bonds is 5. The zero-order valence-electron chi connectivity index (χ0n) is 10.2. The molecule has 0 aromatic heterocycles. The maximum Gasteiger partial charge on any atom is 0.335 e. The second-order valence-electron chi connectivity index (χ2n) is 3.32. The Morgan fingerprint density at radius 2 is 1.65 bits per heavy atom. The maximum absolute atomic E-state index is 11.1. The van der Waals surface area contributed by atoms with Crippen LogP contribution in [0.4, 0.5) is 0 Å². The van der Waals surface area contributed by atoms with Crippen LogP contribution in [-0.4, -0.2) is 56.9 Å². The molecule has 0 aromatic rings. The van der Waals surface area contributed by atoms with Crippen molar-refractivity contribution in [3.63, 3.8) is 0 Å². The molecule has 0 aromatic carbocycles. The predicted molar refractivity (Wildman–Crippen MR) is 52.2 cm³/mol. The molecule has 0 rings (SSSR count). The van der Waals surface area contributed by atoms with Crippen LogP contribution in [0.25, 0.3) is 0 Å². The summed E-state index contributed by atoms with van der Waals surface area (Å²) in [4.78, 5) is 22.8. The van der Waals surface area contributed by atoms with Crippen molar-refractivity contribution in [2.45, 2.75) is 39.0 Å². The van der Waals surface area contributed by atoms with Crippen LogP contribution in [0, 0.1) is 88.1 Å². The molecule has 3 atom stereocenters. The van der Waals surface area contributed by atoms with E-state index in [9.17, 15) is 14.7 Å². The van der Waals surface area contributed by atoms with Crippen LogP contribution < -0.4 is 0 Å². The summed E-state index contributed by atoms with van der Waals surface area (Å²) in [7, 11) is 0. The van der Waals surface area contributed by atoms with E-state index in [1.807, 2.05) is 0 Å². The summed E-state index contributed by atoms with van der Waals surface area (Å²) in [6, 6.07) is -0.737. The minimum atomic E-state index is -1.88. The number of likely N-dealkylation sites (N-methyl/N-ethyl adjacent to an activating group) is 1. The Morgan fingerprint density at radius 3 is 1.88 bits per heavy atom. The molecule has 0 heterocycles. The van der Waals surface area contributed by atoms with Gasteiger partial charge in [0.05, 0.1) is 6.04 Å². The number of aliphatic hydroxyl groups is 2. The van der Waals surface area contributed by atoms with Crippen LogP contribution >= 0.6 is 0 Å². The van der Waals surface area contributed by atoms with Gasteiger partial charge >= 0.3 is 5.97 Å². The first kappa shape index (κ1) is 23.8. The third-order valence-electron chi connectivity index (χ3n) is 2.31. The molecule has 0 spiro atoms. The molecule has 8 heteroatoms. The number of carboxylic acids is 1. The number of carbonyl (C=O) groups is 2. The molecule has 0 fully saturated rings. The van der Waals surface area contributed by atoms with E-state index in [-0.39, 0.29) is 94.0 Å². The Kier molecular flexibility index (Phi) is 16.2. The number of nitrogens with zero attached hydrogens (tertiary/aromatic N) is 1. The van der Waals surface area contributed by atoms with Crippen molar-refractivity contribution in [1.29, 1.82) is 0 Å². The fraction of sp³-hybridized carbons (Fsp3) is 0.778. The summed E-state index contributed by atoms with van der Waals surface area (Å²) >= 11 is 0. The number of hydrogen-bond donors (Lipinski definition) is 3. The smallest absolute Gasteiger partial charge is 0.335 e. The molecule has 1 amide bonds. The van der Waals surface area contributed by atoms with Gasteiger partial charge in [0.25, 0.3) is 0 Å². The van der Waals surface area contributed by atoms with Gasteiger partial charge in [-0.15, -0.1) is 0 Å². The van der Waals surface area contributed by atoms with Gasteiger partial charge in [-0.2, -0.15) is 0 Å². The Morgan fingerprint density at radius 1 is 1.24 bits per heavy atom. The Balaban J connectivity index is -0.000000980. The summed E-state index contributed by atoms with van der Waals surface area (Å²) in [6.07, 6.45) is -3.38. The van der Waals surface area contributed by atoms with Gasteiger partial charge in [-0.1, -0.05) is 0 Å². The van der Waals surface area contributed by atoms with Gasteiger partial charge in [-0.25, -0.2) is 4.79 Å². The first-order chi connectivity index (χ1) is 6.82. The van der Waals surface area contributed by atoms with Crippen molar-refractivity contribution < 1.29 is 113 Å². The molecule has 2 radical (unpaired) electrons. The van der Waals surface area contributed by atoms with E-state index in [0.717, 1.165) is 0 Å². The monoisotopic (exact) mass is 673 g/mol. The van der Waals surface area contributed by atoms with E-state index < -0.39 is 24.2 Å². The molecule has 0 saturated carbocycles. The molecule has 6 nitrogen and oxygen atoms in total. The van der Waals surface area contributed by atoms with E-state index in [1.165, 1.54) is 18.7 Å². The fourth-order valence-electron chi connectivity index (χ4n) is 1.39. The van der Waals surface area contributed by atoms with Crippen LogP contribution in [0.5, 0.6) is 0 Å². The van der Waals surface area contributed by atoms with Crippen LogP contribution in [0.2, 0.25) is 0 Å². The van der Waals surface area contributed by atoms with Gasteiger partial charge in [0.15, 0.2) is 6.10 Å². The van der Waals surface area contributed by atoms with Gasteiger partial charge in [0.1, 0.15) is 6.10 Å². The standard InChI is InChI=1S/C9H17NO5.2Ac/c1-4-10(6(3)11)5(2)7(12)8(13)9(14)15;;/h5,7-8,12-13H,4H2,1-3H3,(H,14,15);;/t5-,7?,8?;;/m0../s1. The van der Waals surface area contributed by atoms with E-state index in [1.54, 1.807) is 6.92 Å². The number of amides is 1. The number of aliphatic hydroxyl groups excluding tert-OH is 2. The minimum absolute atomic E-state index is 0. The number of carbonyl (C=O) groups excluding carboxylic acids is 1. The number of hydrogen-bond acceptors (Lipinski definition) is 4. The molecule has 0 aliphatic rings. The van der Waals surface area contributed by atoms with Crippen molar-refractivity contribution in [3.05, 3.63) is 0 Å². The Hall–Kier alpha value is 1.74. The summed E-state index contributed by atoms with van der Waals surface area (Å²) in [5, 5.41) is 27.1. The molecular formula is C9H17Ac2NO5. The minimum Gasteiger partial charge on any atom is -0.479 e. The van der Waals surface area contributed by atoms with Gasteiger partial charge in [-0.05, 0) is 13.8 Å². The second kappa shape index (κ2) is 11.6. The summed E-state index contributed by atoms with van der Waals surface area (Å²) in [5.41, 5.74) is 0. The van der Waals surface area contributed by atoms with Crippen molar-refractivity contribution in [2.24, 2.45) is 0 Å². The molecule has 0 saturated heterocycles. The van der Waals surface area contributed by atoms with Gasteiger partial charge < -0.3 is 20.2 Å². The third-order valence-corrected chi connectivity index (χ3v) is 2.31. The van der Waals surface area contributed by atoms with E-state index in [4.69, 9.17) is 10.2 Å². The number of carboxylic acid groups (broad SMARTS) is 1. The zero-order chi connectivity index (χ0) is 12.2. The fourth-order valence-corrected chi connectivity index (χ4v) is 1.39. The van der Waals surface area contributed by atoms with Crippen molar-refractivity contribution in [1.82, 2.24) is 4.90 Å². The van der Waals surface area contributed by atoms with Crippen LogP contribution in [0.1, 0.15) is 20.8 Å². The summed E-state index contributed by atoms with van der Waals surface area (Å²) in [6.45, 7) is 4.86. The molecule has 17 heavy (non-hydrogen) atoms. The maximum atomic E-state index is 11.1. The molecule has 0 aliphatic heterocycles. The zero-order valence-corrected chi connectivity index (χ0v) is 19.7. The topological polar surface area (TPSA) is 98.1 Å². The van der Waals surface area contributed by atoms with Crippen LogP contribution in [0.3, 0.4) is 0 Å². The quantitative estimate of drug-likeness (QED) is 0.350. The van der Waals surface area contributed by atoms with E-state index in [2.05, 4.69) is 0 Å². The Labute approximate surface area is 172 Å². The first-order valence-corrected chi connectivity index (χ1v) is 4.69. The molecular weight excluding hydrogens is 656 g/mol. The van der Waals surface area contributed by atoms with E-state index >= 15 is 0 Å². The first-order valence-electron chi connectivity index (χ1n) is 4.69. The van der Waals surface area contributed by atoms with Crippen molar-refractivity contribution in [2.75, 3.05) is 6.54 Å². The van der Waals surface area contributed by atoms with Crippen molar-refractivity contribution in [3.8, 4) is 0 Å².